The summed E-state index contributed by atoms with van der Waals surface area (Å²) in [6.07, 6.45) is -0.0176. The van der Waals surface area contributed by atoms with E-state index in [0.717, 1.165) is 6.92 Å². The van der Waals surface area contributed by atoms with Crippen LogP contribution in [0.1, 0.15) is 40.5 Å². The molecule has 0 fully saturated rings. The molecular weight excluding hydrogens is 366 g/mol. The van der Waals surface area contributed by atoms with Crippen molar-refractivity contribution in [1.29, 1.82) is 0 Å². The van der Waals surface area contributed by atoms with E-state index in [-0.39, 0.29) is 24.7 Å². The van der Waals surface area contributed by atoms with Crippen LogP contribution in [0.2, 0.25) is 0 Å². The Morgan fingerprint density at radius 1 is 1.31 bits per heavy atom. The zero-order valence-electron chi connectivity index (χ0n) is 15.1. The number of rotatable bonds is 7. The van der Waals surface area contributed by atoms with Gasteiger partial charge in [0.2, 0.25) is 11.9 Å². The highest BCUT2D eigenvalue weighted by molar-refractivity contribution is 7.47. The molecule has 0 aromatic heterocycles. The molecule has 1 rings (SSSR count). The van der Waals surface area contributed by atoms with Gasteiger partial charge in [-0.2, -0.15) is 0 Å². The number of hydrogen-bond donors (Lipinski definition) is 1. The fourth-order valence-electron chi connectivity index (χ4n) is 2.33. The highest BCUT2D eigenvalue weighted by Gasteiger charge is 2.38. The number of alkyl halides is 1. The van der Waals surface area contributed by atoms with Crippen LogP contribution in [0.5, 0.6) is 0 Å². The summed E-state index contributed by atoms with van der Waals surface area (Å²) in [5.74, 6) is -1.32. The van der Waals surface area contributed by atoms with Crippen LogP contribution in [0.4, 0.5) is 4.39 Å². The van der Waals surface area contributed by atoms with Crippen LogP contribution in [-0.2, 0) is 23.9 Å². The summed E-state index contributed by atoms with van der Waals surface area (Å²) in [5.41, 5.74) is -2.58. The minimum atomic E-state index is -2.17. The predicted molar refractivity (Wildman–Crippen MR) is 94.0 cm³/mol. The zero-order chi connectivity index (χ0) is 20.0. The number of amides is 1. The van der Waals surface area contributed by atoms with Gasteiger partial charge in [-0.15, -0.1) is 4.91 Å². The van der Waals surface area contributed by atoms with E-state index >= 15 is 0 Å². The third-order valence-corrected chi connectivity index (χ3v) is 4.16. The molecule has 1 aliphatic rings. The van der Waals surface area contributed by atoms with Gasteiger partial charge < -0.3 is 14.8 Å². The molecule has 144 valence electrons. The number of ether oxygens (including phenoxy) is 2. The summed E-state index contributed by atoms with van der Waals surface area (Å²) in [6.45, 7) is 6.16. The molecule has 0 saturated heterocycles. The van der Waals surface area contributed by atoms with E-state index < -0.39 is 35.2 Å². The Morgan fingerprint density at radius 3 is 2.54 bits per heavy atom. The molecular formula is C16H22FN2O6P. The largest absolute Gasteiger partial charge is 0.463 e. The maximum Gasteiger partial charge on any atom is 0.343 e. The van der Waals surface area contributed by atoms with Crippen molar-refractivity contribution in [3.8, 4) is 0 Å². The molecule has 0 radical (unpaired) electrons. The van der Waals surface area contributed by atoms with Crippen molar-refractivity contribution in [1.82, 2.24) is 5.32 Å². The van der Waals surface area contributed by atoms with Crippen molar-refractivity contribution in [2.45, 2.75) is 52.4 Å². The summed E-state index contributed by atoms with van der Waals surface area (Å²) >= 11 is 0. The van der Waals surface area contributed by atoms with E-state index in [1.54, 1.807) is 26.6 Å². The summed E-state index contributed by atoms with van der Waals surface area (Å²) in [7, 11) is 0.382. The number of halogens is 1. The number of carbonyl (C=O) groups excluding carboxylic acids is 3. The van der Waals surface area contributed by atoms with Gasteiger partial charge in [-0.25, -0.2) is 9.18 Å². The van der Waals surface area contributed by atoms with E-state index in [9.17, 15) is 23.7 Å². The van der Waals surface area contributed by atoms with Crippen LogP contribution in [-0.4, -0.2) is 41.6 Å². The number of nitrogens with zero attached hydrogens (tertiary/aromatic N) is 1. The van der Waals surface area contributed by atoms with Crippen LogP contribution in [0.25, 0.3) is 0 Å². The second-order valence-electron chi connectivity index (χ2n) is 7.08. The highest BCUT2D eigenvalue weighted by Crippen LogP contribution is 2.30. The SMILES string of the molecule is CC(C)(C)CC(C)(F)C(=O)OCCC(=O)OC1NC=CP=C1C(=O)N=O. The predicted octanol–water partition coefficient (Wildman–Crippen LogP) is 2.44. The standard InChI is InChI=1S/C16H22FN2O6P/c1-15(2,3)9-16(4,17)14(22)24-7-5-10(20)25-13-11(12(21)19-23)26-8-6-18-13/h6,8,13,18H,5,7,9H2,1-4H3. The van der Waals surface area contributed by atoms with Crippen molar-refractivity contribution in [3.05, 3.63) is 16.9 Å². The molecule has 0 spiro atoms. The summed E-state index contributed by atoms with van der Waals surface area (Å²) < 4.78 is 24.2. The maximum absolute atomic E-state index is 14.4. The average molecular weight is 388 g/mol. The van der Waals surface area contributed by atoms with E-state index in [0.29, 0.717) is 8.20 Å². The van der Waals surface area contributed by atoms with Crippen molar-refractivity contribution >= 4 is 31.3 Å². The van der Waals surface area contributed by atoms with Crippen LogP contribution >= 0.6 is 8.20 Å². The Morgan fingerprint density at radius 2 is 1.96 bits per heavy atom. The molecule has 2 atom stereocenters. The second kappa shape index (κ2) is 8.98. The molecule has 0 aromatic carbocycles. The normalized spacial score (nSPS) is 19.4. The average Bonchev–Trinajstić information content (AvgIpc) is 2.52. The van der Waals surface area contributed by atoms with Gasteiger partial charge in [-0.3, -0.25) is 9.59 Å². The van der Waals surface area contributed by atoms with E-state index in [4.69, 9.17) is 9.47 Å². The maximum atomic E-state index is 14.4. The number of hydrogen-bond acceptors (Lipinski definition) is 7. The lowest BCUT2D eigenvalue weighted by molar-refractivity contribution is -0.161. The number of carbonyl (C=O) groups is 3. The van der Waals surface area contributed by atoms with Gasteiger partial charge in [0.1, 0.15) is 11.9 Å². The molecule has 0 aliphatic carbocycles. The minimum absolute atomic E-state index is 0.0280. The Labute approximate surface area is 152 Å². The third kappa shape index (κ3) is 7.00. The van der Waals surface area contributed by atoms with E-state index in [1.165, 1.54) is 6.20 Å². The van der Waals surface area contributed by atoms with Gasteiger partial charge in [-0.05, 0) is 24.6 Å². The van der Waals surface area contributed by atoms with E-state index in [2.05, 4.69) is 10.5 Å². The summed E-state index contributed by atoms with van der Waals surface area (Å²) in [6, 6.07) is 0. The van der Waals surface area contributed by atoms with E-state index in [1.807, 2.05) is 0 Å². The first-order chi connectivity index (χ1) is 12.0. The monoisotopic (exact) mass is 388 g/mol. The first-order valence-electron chi connectivity index (χ1n) is 7.88. The zero-order valence-corrected chi connectivity index (χ0v) is 16.0. The van der Waals surface area contributed by atoms with Crippen LogP contribution in [0, 0.1) is 10.3 Å². The van der Waals surface area contributed by atoms with Gasteiger partial charge in [0.25, 0.3) is 0 Å². The van der Waals surface area contributed by atoms with Gasteiger partial charge in [0.05, 0.1) is 6.42 Å². The van der Waals surface area contributed by atoms with Gasteiger partial charge in [0.15, 0.2) is 0 Å². The Hall–Kier alpha value is -2.15. The Balaban J connectivity index is 2.49. The Bertz CT molecular complexity index is 639. The van der Waals surface area contributed by atoms with Gasteiger partial charge >= 0.3 is 17.8 Å². The van der Waals surface area contributed by atoms with Crippen LogP contribution < -0.4 is 5.32 Å². The molecule has 1 amide bonds. The van der Waals surface area contributed by atoms with Crippen LogP contribution in [0.3, 0.4) is 0 Å². The van der Waals surface area contributed by atoms with Gasteiger partial charge in [0, 0.05) is 11.4 Å². The van der Waals surface area contributed by atoms with Crippen molar-refractivity contribution in [3.63, 3.8) is 0 Å². The third-order valence-electron chi connectivity index (χ3n) is 3.16. The minimum Gasteiger partial charge on any atom is -0.463 e. The van der Waals surface area contributed by atoms with Crippen molar-refractivity contribution in [2.75, 3.05) is 6.61 Å². The topological polar surface area (TPSA) is 111 Å². The molecule has 2 unspecified atom stereocenters. The smallest absolute Gasteiger partial charge is 0.343 e. The molecule has 10 heteroatoms. The first kappa shape index (κ1) is 21.9. The Kier molecular flexibility index (Phi) is 7.56. The molecule has 0 bridgehead atoms. The fourth-order valence-corrected chi connectivity index (χ4v) is 3.07. The molecule has 26 heavy (non-hydrogen) atoms. The lowest BCUT2D eigenvalue weighted by atomic mass is 9.84. The molecule has 1 N–H and O–H groups in total. The summed E-state index contributed by atoms with van der Waals surface area (Å²) in [5, 5.41) is 4.88. The van der Waals surface area contributed by atoms with Crippen molar-refractivity contribution in [2.24, 2.45) is 10.6 Å². The van der Waals surface area contributed by atoms with Crippen molar-refractivity contribution < 1.29 is 28.2 Å². The molecule has 8 nitrogen and oxygen atoms in total. The molecule has 0 aromatic rings. The quantitative estimate of drug-likeness (QED) is 0.405. The summed E-state index contributed by atoms with van der Waals surface area (Å²) in [4.78, 5) is 45.4. The first-order valence-corrected chi connectivity index (χ1v) is 8.85. The lowest BCUT2D eigenvalue weighted by Gasteiger charge is -2.27. The lowest BCUT2D eigenvalue weighted by Crippen LogP contribution is -2.41. The van der Waals surface area contributed by atoms with Crippen LogP contribution in [0.15, 0.2) is 17.2 Å². The number of nitroso groups, excluding NO2 is 1. The molecule has 0 saturated carbocycles. The fraction of sp³-hybridized carbons (Fsp3) is 0.625. The number of nitrogens with one attached hydrogen (secondary N) is 1. The highest BCUT2D eigenvalue weighted by atomic mass is 31.1. The molecule has 1 heterocycles. The second-order valence-corrected chi connectivity index (χ2v) is 8.12. The molecule has 1 aliphatic heterocycles. The van der Waals surface area contributed by atoms with Gasteiger partial charge in [-0.1, -0.05) is 29.0 Å². The number of esters is 2.